The van der Waals surface area contributed by atoms with E-state index in [-0.39, 0.29) is 48.0 Å². The number of hydrogen-bond acceptors (Lipinski definition) is 5. The molecule has 1 saturated heterocycles. The van der Waals surface area contributed by atoms with Crippen LogP contribution in [0.15, 0.2) is 0 Å². The summed E-state index contributed by atoms with van der Waals surface area (Å²) < 4.78 is 12.3. The minimum atomic E-state index is -2.11. The Morgan fingerprint density at radius 3 is 2.30 bits per heavy atom. The van der Waals surface area contributed by atoms with Crippen LogP contribution in [0.4, 0.5) is 4.79 Å². The van der Waals surface area contributed by atoms with Crippen molar-refractivity contribution in [3.8, 4) is 0 Å². The lowest BCUT2D eigenvalue weighted by atomic mass is 9.70. The van der Waals surface area contributed by atoms with Gasteiger partial charge in [-0.2, -0.15) is 0 Å². The molecule has 6 nitrogen and oxygen atoms in total. The summed E-state index contributed by atoms with van der Waals surface area (Å²) in [6.45, 7) is 16.8. The van der Waals surface area contributed by atoms with Gasteiger partial charge in [0, 0.05) is 18.9 Å². The molecule has 7 heteroatoms. The molecular formula is C20H37NO5Si. The fourth-order valence-corrected chi connectivity index (χ4v) is 5.17. The normalized spacial score (nSPS) is 29.7. The molecule has 0 radical (unpaired) electrons. The van der Waals surface area contributed by atoms with E-state index in [9.17, 15) is 14.7 Å². The van der Waals surface area contributed by atoms with Crippen LogP contribution in [0.3, 0.4) is 0 Å². The molecule has 1 saturated carbocycles. The van der Waals surface area contributed by atoms with Crippen molar-refractivity contribution < 1.29 is 23.9 Å². The molecule has 1 aliphatic carbocycles. The quantitative estimate of drug-likeness (QED) is 0.734. The molecular weight excluding hydrogens is 362 g/mol. The zero-order valence-corrected chi connectivity index (χ0v) is 19.2. The minimum Gasteiger partial charge on any atom is -0.444 e. The summed E-state index contributed by atoms with van der Waals surface area (Å²) in [5.41, 5.74) is -0.587. The number of carbonyl (C=O) groups is 2. The number of Topliss-reactive ketones (excluding diaryl/α,β-unsaturated/α-hetero) is 1. The van der Waals surface area contributed by atoms with Crippen LogP contribution in [0.1, 0.15) is 54.4 Å². The van der Waals surface area contributed by atoms with Crippen molar-refractivity contribution >= 4 is 20.2 Å². The van der Waals surface area contributed by atoms with Gasteiger partial charge in [-0.05, 0) is 51.2 Å². The van der Waals surface area contributed by atoms with Crippen LogP contribution < -0.4 is 0 Å². The highest BCUT2D eigenvalue weighted by molar-refractivity contribution is 6.74. The molecule has 0 aromatic rings. The van der Waals surface area contributed by atoms with Gasteiger partial charge in [0.1, 0.15) is 11.4 Å². The van der Waals surface area contributed by atoms with Gasteiger partial charge in [0.2, 0.25) is 0 Å². The van der Waals surface area contributed by atoms with E-state index in [1.54, 1.807) is 4.90 Å². The maximum atomic E-state index is 12.8. The highest BCUT2D eigenvalue weighted by Gasteiger charge is 2.54. The van der Waals surface area contributed by atoms with Crippen LogP contribution in [0, 0.1) is 11.8 Å². The molecule has 2 rings (SSSR count). The molecule has 2 aliphatic rings. The lowest BCUT2D eigenvalue weighted by Gasteiger charge is -2.53. The van der Waals surface area contributed by atoms with Crippen molar-refractivity contribution in [3.63, 3.8) is 0 Å². The van der Waals surface area contributed by atoms with Crippen molar-refractivity contribution in [2.24, 2.45) is 11.8 Å². The molecule has 4 atom stereocenters. The number of likely N-dealkylation sites (tertiary alicyclic amines) is 1. The molecule has 27 heavy (non-hydrogen) atoms. The van der Waals surface area contributed by atoms with Gasteiger partial charge in [-0.25, -0.2) is 4.79 Å². The number of rotatable bonds is 3. The second-order valence-corrected chi connectivity index (χ2v) is 15.3. The minimum absolute atomic E-state index is 0.0220. The van der Waals surface area contributed by atoms with Crippen molar-refractivity contribution in [3.05, 3.63) is 0 Å². The zero-order valence-electron chi connectivity index (χ0n) is 18.2. The first-order chi connectivity index (χ1) is 12.2. The lowest BCUT2D eigenvalue weighted by Crippen LogP contribution is -2.65. The van der Waals surface area contributed by atoms with E-state index in [0.29, 0.717) is 13.0 Å². The Labute approximate surface area is 164 Å². The van der Waals surface area contributed by atoms with Crippen LogP contribution in [0.2, 0.25) is 18.1 Å². The van der Waals surface area contributed by atoms with E-state index >= 15 is 0 Å². The summed E-state index contributed by atoms with van der Waals surface area (Å²) in [6.07, 6.45) is 0.249. The van der Waals surface area contributed by atoms with E-state index in [0.717, 1.165) is 0 Å². The first kappa shape index (κ1) is 22.4. The Hall–Kier alpha value is -0.923. The Morgan fingerprint density at radius 2 is 1.81 bits per heavy atom. The summed E-state index contributed by atoms with van der Waals surface area (Å²) in [4.78, 5) is 27.1. The van der Waals surface area contributed by atoms with Gasteiger partial charge in [0.05, 0.1) is 18.8 Å². The molecule has 0 aromatic carbocycles. The van der Waals surface area contributed by atoms with E-state index in [2.05, 4.69) is 33.9 Å². The molecule has 1 amide bonds. The van der Waals surface area contributed by atoms with Crippen LogP contribution >= 0.6 is 0 Å². The SMILES string of the molecule is CC(C)(C)OC(=O)N1CC[C@@H]2[C@H](O[Si](C)(C)C(C)(C)C)[C@H]1CC(=O)[C@H]2CO. The standard InChI is InChI=1S/C20H37NO5Si/c1-19(2,3)25-18(24)21-10-9-13-14(12-22)16(23)11-15(21)17(13)26-27(7,8)20(4,5)6/h13-15,17,22H,9-12H2,1-8H3/t13-,14-,15+,17-/m0/s1. The Morgan fingerprint density at radius 1 is 1.22 bits per heavy atom. The second-order valence-electron chi connectivity index (χ2n) is 10.5. The predicted octanol–water partition coefficient (Wildman–Crippen LogP) is 3.58. The van der Waals surface area contributed by atoms with Crippen molar-refractivity contribution in [2.75, 3.05) is 13.2 Å². The van der Waals surface area contributed by atoms with Gasteiger partial charge in [-0.1, -0.05) is 20.8 Å². The monoisotopic (exact) mass is 399 g/mol. The van der Waals surface area contributed by atoms with Crippen LogP contribution in [-0.4, -0.2) is 61.1 Å². The average molecular weight is 400 g/mol. The highest BCUT2D eigenvalue weighted by atomic mass is 28.4. The van der Waals surface area contributed by atoms with Gasteiger partial charge >= 0.3 is 6.09 Å². The number of ketones is 1. The molecule has 156 valence electrons. The summed E-state index contributed by atoms with van der Waals surface area (Å²) in [6, 6.07) is -0.317. The molecule has 0 spiro atoms. The second kappa shape index (κ2) is 7.48. The van der Waals surface area contributed by atoms with E-state index < -0.39 is 19.8 Å². The molecule has 1 heterocycles. The Bertz CT molecular complexity index is 578. The number of hydrogen-bond donors (Lipinski definition) is 1. The van der Waals surface area contributed by atoms with Gasteiger partial charge in [-0.15, -0.1) is 0 Å². The van der Waals surface area contributed by atoms with Gasteiger partial charge < -0.3 is 19.2 Å². The molecule has 0 unspecified atom stereocenters. The van der Waals surface area contributed by atoms with E-state index in [1.165, 1.54) is 0 Å². The van der Waals surface area contributed by atoms with E-state index in [4.69, 9.17) is 9.16 Å². The number of amides is 1. The Kier molecular flexibility index (Phi) is 6.20. The summed E-state index contributed by atoms with van der Waals surface area (Å²) >= 11 is 0. The number of ether oxygens (including phenoxy) is 1. The molecule has 0 aromatic heterocycles. The molecule has 1 aliphatic heterocycles. The summed E-state index contributed by atoms with van der Waals surface area (Å²) in [5, 5.41) is 9.83. The number of fused-ring (bicyclic) bond motifs is 2. The fourth-order valence-electron chi connectivity index (χ4n) is 3.80. The van der Waals surface area contributed by atoms with Crippen LogP contribution in [0.5, 0.6) is 0 Å². The smallest absolute Gasteiger partial charge is 0.410 e. The van der Waals surface area contributed by atoms with Crippen molar-refractivity contribution in [2.45, 2.75) is 90.3 Å². The third kappa shape index (κ3) is 4.74. The molecule has 2 fully saturated rings. The summed E-state index contributed by atoms with van der Waals surface area (Å²) in [7, 11) is -2.11. The zero-order chi connectivity index (χ0) is 20.8. The van der Waals surface area contributed by atoms with Crippen molar-refractivity contribution in [1.82, 2.24) is 4.90 Å². The van der Waals surface area contributed by atoms with Gasteiger partial charge in [-0.3, -0.25) is 4.79 Å². The Balaban J connectivity index is 2.33. The highest BCUT2D eigenvalue weighted by Crippen LogP contribution is 2.44. The van der Waals surface area contributed by atoms with E-state index in [1.807, 2.05) is 20.8 Å². The lowest BCUT2D eigenvalue weighted by molar-refractivity contribution is -0.143. The molecule has 2 bridgehead atoms. The number of piperidine rings is 1. The maximum absolute atomic E-state index is 12.8. The fraction of sp³-hybridized carbons (Fsp3) is 0.900. The molecule has 1 N–H and O–H groups in total. The van der Waals surface area contributed by atoms with Crippen LogP contribution in [0.25, 0.3) is 0 Å². The number of aliphatic hydroxyl groups excluding tert-OH is 1. The largest absolute Gasteiger partial charge is 0.444 e. The first-order valence-electron chi connectivity index (χ1n) is 9.99. The van der Waals surface area contributed by atoms with Crippen molar-refractivity contribution in [1.29, 1.82) is 0 Å². The van der Waals surface area contributed by atoms with Gasteiger partial charge in [0.25, 0.3) is 0 Å². The first-order valence-corrected chi connectivity index (χ1v) is 12.9. The number of aliphatic hydroxyl groups is 1. The van der Waals surface area contributed by atoms with Gasteiger partial charge in [0.15, 0.2) is 8.32 Å². The summed E-state index contributed by atoms with van der Waals surface area (Å²) in [5.74, 6) is -0.415. The maximum Gasteiger partial charge on any atom is 0.410 e. The third-order valence-corrected chi connectivity index (χ3v) is 10.8. The predicted molar refractivity (Wildman–Crippen MR) is 107 cm³/mol. The number of carbonyl (C=O) groups excluding carboxylic acids is 2. The average Bonchev–Trinajstić information content (AvgIpc) is 2.45. The number of nitrogens with zero attached hydrogens (tertiary/aromatic N) is 1. The van der Waals surface area contributed by atoms with Crippen LogP contribution in [-0.2, 0) is 14.0 Å². The topological polar surface area (TPSA) is 76.1 Å². The third-order valence-electron chi connectivity index (χ3n) is 6.31.